The number of carbonyl (C=O) groups excluding carboxylic acids is 3. The summed E-state index contributed by atoms with van der Waals surface area (Å²) in [6, 6.07) is 4.72. The van der Waals surface area contributed by atoms with E-state index >= 15 is 0 Å². The van der Waals surface area contributed by atoms with E-state index in [2.05, 4.69) is 5.32 Å². The van der Waals surface area contributed by atoms with Gasteiger partial charge in [0, 0.05) is 26.2 Å². The maximum atomic E-state index is 13.6. The maximum Gasteiger partial charge on any atom is 0.312 e. The summed E-state index contributed by atoms with van der Waals surface area (Å²) in [6.07, 6.45) is 0.000251. The van der Waals surface area contributed by atoms with Crippen molar-refractivity contribution in [2.24, 2.45) is 5.73 Å². The standard InChI is InChI=1S/C16H21FN4O3/c1-11(19-16(18)24)15(23)21-8-6-20(7-9-21)14(22)10-12-4-2-3-5-13(12)17/h2-5,11H,6-10H2,1H3,(H3,18,19,24). The van der Waals surface area contributed by atoms with Gasteiger partial charge in [0.15, 0.2) is 0 Å². The fourth-order valence-electron chi connectivity index (χ4n) is 2.64. The van der Waals surface area contributed by atoms with Crippen LogP contribution < -0.4 is 11.1 Å². The van der Waals surface area contributed by atoms with E-state index in [4.69, 9.17) is 5.73 Å². The smallest absolute Gasteiger partial charge is 0.312 e. The Hall–Kier alpha value is -2.64. The molecule has 0 aliphatic carbocycles. The molecule has 1 aromatic rings. The van der Waals surface area contributed by atoms with Crippen molar-refractivity contribution in [2.75, 3.05) is 26.2 Å². The monoisotopic (exact) mass is 336 g/mol. The average Bonchev–Trinajstić information content (AvgIpc) is 2.55. The first-order valence-corrected chi connectivity index (χ1v) is 7.74. The Morgan fingerprint density at radius 3 is 2.33 bits per heavy atom. The lowest BCUT2D eigenvalue weighted by Gasteiger charge is -2.36. The zero-order valence-corrected chi connectivity index (χ0v) is 13.5. The molecule has 8 heteroatoms. The third-order valence-electron chi connectivity index (χ3n) is 3.97. The molecule has 1 aliphatic rings. The van der Waals surface area contributed by atoms with Crippen LogP contribution in [0.1, 0.15) is 12.5 Å². The number of primary amides is 1. The number of halogens is 1. The number of urea groups is 1. The predicted molar refractivity (Wildman–Crippen MR) is 85.4 cm³/mol. The third-order valence-corrected chi connectivity index (χ3v) is 3.97. The van der Waals surface area contributed by atoms with E-state index in [-0.39, 0.29) is 18.2 Å². The molecule has 1 unspecified atom stereocenters. The fourth-order valence-corrected chi connectivity index (χ4v) is 2.64. The van der Waals surface area contributed by atoms with Gasteiger partial charge in [-0.3, -0.25) is 9.59 Å². The molecular formula is C16H21FN4O3. The average molecular weight is 336 g/mol. The van der Waals surface area contributed by atoms with Crippen molar-refractivity contribution in [1.29, 1.82) is 0 Å². The number of hydrogen-bond acceptors (Lipinski definition) is 3. The molecule has 1 fully saturated rings. The zero-order chi connectivity index (χ0) is 17.7. The molecule has 0 radical (unpaired) electrons. The van der Waals surface area contributed by atoms with E-state index in [0.717, 1.165) is 0 Å². The molecule has 1 aromatic carbocycles. The van der Waals surface area contributed by atoms with Gasteiger partial charge in [-0.25, -0.2) is 9.18 Å². The van der Waals surface area contributed by atoms with Gasteiger partial charge in [0.2, 0.25) is 11.8 Å². The second-order valence-corrected chi connectivity index (χ2v) is 5.70. The van der Waals surface area contributed by atoms with Gasteiger partial charge in [-0.15, -0.1) is 0 Å². The highest BCUT2D eigenvalue weighted by molar-refractivity contribution is 5.86. The Kier molecular flexibility index (Phi) is 5.73. The van der Waals surface area contributed by atoms with Crippen LogP contribution in [0.4, 0.5) is 9.18 Å². The van der Waals surface area contributed by atoms with Crippen LogP contribution in [0, 0.1) is 5.82 Å². The Labute approximate surface area is 139 Å². The summed E-state index contributed by atoms with van der Waals surface area (Å²) < 4.78 is 13.6. The molecule has 0 bridgehead atoms. The van der Waals surface area contributed by atoms with Gasteiger partial charge in [-0.2, -0.15) is 0 Å². The van der Waals surface area contributed by atoms with Crippen molar-refractivity contribution in [2.45, 2.75) is 19.4 Å². The number of piperazine rings is 1. The number of amides is 4. The van der Waals surface area contributed by atoms with Gasteiger partial charge in [-0.05, 0) is 18.6 Å². The second kappa shape index (κ2) is 7.76. The lowest BCUT2D eigenvalue weighted by molar-refractivity contribution is -0.140. The Morgan fingerprint density at radius 1 is 1.17 bits per heavy atom. The molecule has 1 atom stereocenters. The van der Waals surface area contributed by atoms with Gasteiger partial charge in [0.1, 0.15) is 11.9 Å². The number of rotatable bonds is 4. The lowest BCUT2D eigenvalue weighted by Crippen LogP contribution is -2.55. The topological polar surface area (TPSA) is 95.7 Å². The second-order valence-electron chi connectivity index (χ2n) is 5.70. The van der Waals surface area contributed by atoms with E-state index in [1.807, 2.05) is 0 Å². The van der Waals surface area contributed by atoms with E-state index in [1.54, 1.807) is 34.9 Å². The van der Waals surface area contributed by atoms with Gasteiger partial charge < -0.3 is 20.9 Å². The third kappa shape index (κ3) is 4.43. The first-order valence-electron chi connectivity index (χ1n) is 7.74. The highest BCUT2D eigenvalue weighted by Gasteiger charge is 2.27. The first-order chi connectivity index (χ1) is 11.4. The molecule has 1 aliphatic heterocycles. The number of nitrogens with zero attached hydrogens (tertiary/aromatic N) is 2. The van der Waals surface area contributed by atoms with Crippen LogP contribution >= 0.6 is 0 Å². The lowest BCUT2D eigenvalue weighted by atomic mass is 10.1. The molecule has 0 saturated carbocycles. The van der Waals surface area contributed by atoms with E-state index in [0.29, 0.717) is 31.7 Å². The number of nitrogens with one attached hydrogen (secondary N) is 1. The fraction of sp³-hybridized carbons (Fsp3) is 0.438. The molecule has 1 heterocycles. The van der Waals surface area contributed by atoms with Crippen LogP contribution in [0.3, 0.4) is 0 Å². The number of carbonyl (C=O) groups is 3. The van der Waals surface area contributed by atoms with Gasteiger partial charge in [0.05, 0.1) is 6.42 Å². The van der Waals surface area contributed by atoms with Crippen molar-refractivity contribution in [1.82, 2.24) is 15.1 Å². The quantitative estimate of drug-likeness (QED) is 0.816. The summed E-state index contributed by atoms with van der Waals surface area (Å²) in [5, 5.41) is 2.34. The normalized spacial score (nSPS) is 15.8. The van der Waals surface area contributed by atoms with Crippen LogP contribution in [0.25, 0.3) is 0 Å². The SMILES string of the molecule is CC(NC(N)=O)C(=O)N1CCN(C(=O)Cc2ccccc2F)CC1. The Balaban J connectivity index is 1.86. The molecule has 4 amide bonds. The molecule has 7 nitrogen and oxygen atoms in total. The van der Waals surface area contributed by atoms with Crippen molar-refractivity contribution in [3.63, 3.8) is 0 Å². The predicted octanol–water partition coefficient (Wildman–Crippen LogP) is 0.0958. The number of nitrogens with two attached hydrogens (primary N) is 1. The molecule has 1 saturated heterocycles. The largest absolute Gasteiger partial charge is 0.352 e. The Bertz CT molecular complexity index is 630. The summed E-state index contributed by atoms with van der Waals surface area (Å²) >= 11 is 0. The summed E-state index contributed by atoms with van der Waals surface area (Å²) in [5.41, 5.74) is 5.37. The molecule has 130 valence electrons. The molecule has 3 N–H and O–H groups in total. The molecule has 0 aromatic heterocycles. The highest BCUT2D eigenvalue weighted by Crippen LogP contribution is 2.11. The minimum Gasteiger partial charge on any atom is -0.352 e. The maximum absolute atomic E-state index is 13.6. The summed E-state index contributed by atoms with van der Waals surface area (Å²) in [7, 11) is 0. The van der Waals surface area contributed by atoms with Gasteiger partial charge in [0.25, 0.3) is 0 Å². The minimum absolute atomic E-state index is 0.000251. The summed E-state index contributed by atoms with van der Waals surface area (Å²) in [4.78, 5) is 38.4. The van der Waals surface area contributed by atoms with Crippen molar-refractivity contribution >= 4 is 17.8 Å². The molecule has 2 rings (SSSR count). The van der Waals surface area contributed by atoms with Crippen molar-refractivity contribution in [3.8, 4) is 0 Å². The molecular weight excluding hydrogens is 315 g/mol. The molecule has 0 spiro atoms. The highest BCUT2D eigenvalue weighted by atomic mass is 19.1. The van der Waals surface area contributed by atoms with Crippen LogP contribution in [0.2, 0.25) is 0 Å². The summed E-state index contributed by atoms with van der Waals surface area (Å²) in [6.45, 7) is 3.05. The van der Waals surface area contributed by atoms with Gasteiger partial charge >= 0.3 is 6.03 Å². The van der Waals surface area contributed by atoms with Crippen LogP contribution in [0.5, 0.6) is 0 Å². The first kappa shape index (κ1) is 17.7. The van der Waals surface area contributed by atoms with Crippen LogP contribution in [-0.2, 0) is 16.0 Å². The van der Waals surface area contributed by atoms with E-state index in [9.17, 15) is 18.8 Å². The van der Waals surface area contributed by atoms with Crippen molar-refractivity contribution in [3.05, 3.63) is 35.6 Å². The van der Waals surface area contributed by atoms with E-state index < -0.39 is 17.9 Å². The van der Waals surface area contributed by atoms with Gasteiger partial charge in [-0.1, -0.05) is 18.2 Å². The van der Waals surface area contributed by atoms with E-state index in [1.165, 1.54) is 6.07 Å². The zero-order valence-electron chi connectivity index (χ0n) is 13.5. The molecule has 24 heavy (non-hydrogen) atoms. The van der Waals surface area contributed by atoms with Crippen LogP contribution in [-0.4, -0.2) is 59.9 Å². The Morgan fingerprint density at radius 2 is 1.75 bits per heavy atom. The number of benzene rings is 1. The number of hydrogen-bond donors (Lipinski definition) is 2. The van der Waals surface area contributed by atoms with Crippen molar-refractivity contribution < 1.29 is 18.8 Å². The van der Waals surface area contributed by atoms with Crippen LogP contribution in [0.15, 0.2) is 24.3 Å². The minimum atomic E-state index is -0.755. The summed E-state index contributed by atoms with van der Waals surface area (Å²) in [5.74, 6) is -0.809.